The number of hydrogen-bond donors (Lipinski definition) is 0. The van der Waals surface area contributed by atoms with Crippen molar-refractivity contribution in [3.63, 3.8) is 0 Å². The van der Waals surface area contributed by atoms with Crippen LogP contribution in [0.1, 0.15) is 18.4 Å². The molecule has 1 aliphatic heterocycles. The first-order chi connectivity index (χ1) is 9.10. The fourth-order valence-electron chi connectivity index (χ4n) is 2.84. The smallest absolute Gasteiger partial charge is 0.0408 e. The molecule has 1 fully saturated rings. The molecule has 0 aromatic heterocycles. The summed E-state index contributed by atoms with van der Waals surface area (Å²) in [7, 11) is 4.34. The lowest BCUT2D eigenvalue weighted by Crippen LogP contribution is -2.37. The van der Waals surface area contributed by atoms with Crippen LogP contribution in [0, 0.1) is 5.92 Å². The van der Waals surface area contributed by atoms with Crippen molar-refractivity contribution in [1.29, 1.82) is 0 Å². The van der Waals surface area contributed by atoms with Crippen LogP contribution in [0.3, 0.4) is 0 Å². The van der Waals surface area contributed by atoms with E-state index in [9.17, 15) is 0 Å². The summed E-state index contributed by atoms with van der Waals surface area (Å²) in [6.45, 7) is 3.58. The molecule has 0 aliphatic carbocycles. The van der Waals surface area contributed by atoms with Crippen LogP contribution in [0.5, 0.6) is 0 Å². The van der Waals surface area contributed by atoms with Crippen molar-refractivity contribution in [2.75, 3.05) is 38.6 Å². The minimum Gasteiger partial charge on any atom is -0.371 e. The summed E-state index contributed by atoms with van der Waals surface area (Å²) in [6, 6.07) is 6.61. The monoisotopic (exact) mass is 388 g/mol. The molecule has 1 aromatic rings. The molecule has 0 radical (unpaired) electrons. The van der Waals surface area contributed by atoms with E-state index in [1.165, 1.54) is 43.7 Å². The van der Waals surface area contributed by atoms with Crippen molar-refractivity contribution in [3.05, 3.63) is 28.2 Å². The maximum Gasteiger partial charge on any atom is 0.0408 e. The average Bonchev–Trinajstić information content (AvgIpc) is 2.39. The molecule has 0 saturated carbocycles. The van der Waals surface area contributed by atoms with Gasteiger partial charge in [-0.15, -0.1) is 0 Å². The van der Waals surface area contributed by atoms with Crippen LogP contribution in [0.4, 0.5) is 5.69 Å². The second-order valence-electron chi connectivity index (χ2n) is 5.60. The number of piperidine rings is 1. The van der Waals surface area contributed by atoms with Gasteiger partial charge in [0.05, 0.1) is 0 Å². The third-order valence-electron chi connectivity index (χ3n) is 3.76. The Morgan fingerprint density at radius 2 is 1.95 bits per heavy atom. The van der Waals surface area contributed by atoms with Gasteiger partial charge in [0, 0.05) is 35.1 Å². The van der Waals surface area contributed by atoms with Gasteiger partial charge in [-0.3, -0.25) is 0 Å². The Bertz CT molecular complexity index is 413. The van der Waals surface area contributed by atoms with E-state index in [1.807, 2.05) is 0 Å². The highest BCUT2D eigenvalue weighted by Gasteiger charge is 2.21. The molecule has 1 heterocycles. The van der Waals surface area contributed by atoms with E-state index < -0.39 is 0 Å². The average molecular weight is 390 g/mol. The molecule has 19 heavy (non-hydrogen) atoms. The summed E-state index contributed by atoms with van der Waals surface area (Å²) in [5, 5.41) is 0.916. The lowest BCUT2D eigenvalue weighted by molar-refractivity contribution is 0.285. The van der Waals surface area contributed by atoms with Crippen molar-refractivity contribution in [3.8, 4) is 0 Å². The molecule has 1 aliphatic rings. The Morgan fingerprint density at radius 3 is 2.53 bits per heavy atom. The minimum atomic E-state index is 0.856. The fourth-order valence-corrected chi connectivity index (χ4v) is 3.70. The van der Waals surface area contributed by atoms with Crippen molar-refractivity contribution >= 4 is 37.5 Å². The molecule has 0 atom stereocenters. The zero-order chi connectivity index (χ0) is 13.8. The predicted molar refractivity (Wildman–Crippen MR) is 90.3 cm³/mol. The first-order valence-corrected chi connectivity index (χ1v) is 8.75. The van der Waals surface area contributed by atoms with Crippen molar-refractivity contribution < 1.29 is 0 Å². The van der Waals surface area contributed by atoms with Gasteiger partial charge in [-0.1, -0.05) is 31.9 Å². The van der Waals surface area contributed by atoms with E-state index in [-0.39, 0.29) is 0 Å². The van der Waals surface area contributed by atoms with Crippen LogP contribution < -0.4 is 4.90 Å². The molecule has 106 valence electrons. The molecule has 2 nitrogen and oxygen atoms in total. The normalized spacial score (nSPS) is 17.2. The SMILES string of the molecule is CN(C)CC1CCN(c2ccc(Br)cc2CBr)CC1. The molecule has 0 N–H and O–H groups in total. The van der Waals surface area contributed by atoms with Gasteiger partial charge < -0.3 is 9.80 Å². The molecule has 1 aromatic carbocycles. The number of anilines is 1. The Balaban J connectivity index is 2.01. The van der Waals surface area contributed by atoms with Crippen molar-refractivity contribution in [2.24, 2.45) is 5.92 Å². The third-order valence-corrected chi connectivity index (χ3v) is 4.86. The van der Waals surface area contributed by atoms with Crippen LogP contribution in [-0.4, -0.2) is 38.6 Å². The molecule has 2 rings (SSSR count). The zero-order valence-corrected chi connectivity index (χ0v) is 14.9. The number of halogens is 2. The molecular weight excluding hydrogens is 368 g/mol. The Morgan fingerprint density at radius 1 is 1.26 bits per heavy atom. The molecule has 0 spiro atoms. The summed E-state index contributed by atoms with van der Waals surface area (Å²) in [4.78, 5) is 4.85. The van der Waals surface area contributed by atoms with E-state index in [0.29, 0.717) is 0 Å². The summed E-state index contributed by atoms with van der Waals surface area (Å²) >= 11 is 7.15. The number of alkyl halides is 1. The Hall–Kier alpha value is -0.0600. The number of nitrogens with zero attached hydrogens (tertiary/aromatic N) is 2. The van der Waals surface area contributed by atoms with Crippen LogP contribution in [0.2, 0.25) is 0 Å². The summed E-state index contributed by atoms with van der Waals surface area (Å²) in [6.07, 6.45) is 2.60. The summed E-state index contributed by atoms with van der Waals surface area (Å²) < 4.78 is 1.16. The fraction of sp³-hybridized carbons (Fsp3) is 0.600. The largest absolute Gasteiger partial charge is 0.371 e. The maximum absolute atomic E-state index is 3.60. The van der Waals surface area contributed by atoms with Gasteiger partial charge in [-0.2, -0.15) is 0 Å². The second kappa shape index (κ2) is 7.09. The van der Waals surface area contributed by atoms with Crippen molar-refractivity contribution in [2.45, 2.75) is 18.2 Å². The quantitative estimate of drug-likeness (QED) is 0.714. The minimum absolute atomic E-state index is 0.856. The summed E-state index contributed by atoms with van der Waals surface area (Å²) in [5.74, 6) is 0.856. The van der Waals surface area contributed by atoms with E-state index >= 15 is 0 Å². The lowest BCUT2D eigenvalue weighted by atomic mass is 9.95. The molecule has 1 saturated heterocycles. The van der Waals surface area contributed by atoms with E-state index in [1.54, 1.807) is 0 Å². The van der Waals surface area contributed by atoms with Gasteiger partial charge in [-0.25, -0.2) is 0 Å². The highest BCUT2D eigenvalue weighted by atomic mass is 79.9. The Kier molecular flexibility index (Phi) is 5.72. The van der Waals surface area contributed by atoms with Crippen LogP contribution >= 0.6 is 31.9 Å². The molecule has 0 unspecified atom stereocenters. The Labute approximate surface area is 133 Å². The highest BCUT2D eigenvalue weighted by Crippen LogP contribution is 2.30. The maximum atomic E-state index is 3.60. The van der Waals surface area contributed by atoms with E-state index in [4.69, 9.17) is 0 Å². The topological polar surface area (TPSA) is 6.48 Å². The second-order valence-corrected chi connectivity index (χ2v) is 7.08. The number of rotatable bonds is 4. The van der Waals surface area contributed by atoms with E-state index in [0.717, 1.165) is 15.7 Å². The predicted octanol–water partition coefficient (Wildman–Crippen LogP) is 4.12. The molecule has 0 bridgehead atoms. The molecule has 4 heteroatoms. The van der Waals surface area contributed by atoms with Crippen LogP contribution in [0.25, 0.3) is 0 Å². The first kappa shape index (κ1) is 15.3. The zero-order valence-electron chi connectivity index (χ0n) is 11.7. The first-order valence-electron chi connectivity index (χ1n) is 6.84. The van der Waals surface area contributed by atoms with Crippen LogP contribution in [0.15, 0.2) is 22.7 Å². The van der Waals surface area contributed by atoms with Gasteiger partial charge in [-0.05, 0) is 56.6 Å². The van der Waals surface area contributed by atoms with Crippen molar-refractivity contribution in [1.82, 2.24) is 4.90 Å². The standard InChI is InChI=1S/C15H22Br2N2/c1-18(2)11-12-5-7-19(8-6-12)15-4-3-14(17)9-13(15)10-16/h3-4,9,12H,5-8,10-11H2,1-2H3. The van der Waals surface area contributed by atoms with E-state index in [2.05, 4.69) is 74.0 Å². The van der Waals surface area contributed by atoms with Crippen LogP contribution in [-0.2, 0) is 5.33 Å². The van der Waals surface area contributed by atoms with Gasteiger partial charge in [0.1, 0.15) is 0 Å². The van der Waals surface area contributed by atoms with Gasteiger partial charge in [0.25, 0.3) is 0 Å². The highest BCUT2D eigenvalue weighted by molar-refractivity contribution is 9.10. The molecule has 0 amide bonds. The number of benzene rings is 1. The third kappa shape index (κ3) is 4.20. The number of hydrogen-bond acceptors (Lipinski definition) is 2. The van der Waals surface area contributed by atoms with Gasteiger partial charge in [0.2, 0.25) is 0 Å². The summed E-state index contributed by atoms with van der Waals surface area (Å²) in [5.41, 5.74) is 2.77. The van der Waals surface area contributed by atoms with Gasteiger partial charge >= 0.3 is 0 Å². The van der Waals surface area contributed by atoms with Gasteiger partial charge in [0.15, 0.2) is 0 Å². The molecular formula is C15H22Br2N2. The lowest BCUT2D eigenvalue weighted by Gasteiger charge is -2.35.